The van der Waals surface area contributed by atoms with E-state index < -0.39 is 0 Å². The molecule has 3 rings (SSSR count). The molecule has 0 fully saturated rings. The molecule has 2 aromatic carbocycles. The molecule has 3 nitrogen and oxygen atoms in total. The Morgan fingerprint density at radius 2 is 1.67 bits per heavy atom. The highest BCUT2D eigenvalue weighted by Crippen LogP contribution is 2.40. The SMILES string of the molecule is CCCCCCCCCC(=O)OC1C=Cc2c(OCCCC)ccc3cccc1c23. The Morgan fingerprint density at radius 3 is 2.47 bits per heavy atom. The first kappa shape index (κ1) is 22.4. The summed E-state index contributed by atoms with van der Waals surface area (Å²) in [6.45, 7) is 5.12. The third kappa shape index (κ3) is 5.87. The normalized spacial score (nSPS) is 14.8. The smallest absolute Gasteiger partial charge is 0.306 e. The highest BCUT2D eigenvalue weighted by atomic mass is 16.5. The quantitative estimate of drug-likeness (QED) is 0.251. The summed E-state index contributed by atoms with van der Waals surface area (Å²) in [5.41, 5.74) is 2.15. The molecule has 1 aliphatic carbocycles. The Bertz CT molecular complexity index is 853. The van der Waals surface area contributed by atoms with Crippen LogP contribution in [0.15, 0.2) is 36.4 Å². The molecule has 0 N–H and O–H groups in total. The molecule has 0 bridgehead atoms. The second-order valence-corrected chi connectivity index (χ2v) is 8.27. The first-order chi connectivity index (χ1) is 14.7. The standard InChI is InChI=1S/C27H36O3/c1-3-5-7-8-9-10-11-15-26(28)30-25-19-17-23-24(29-20-6-4-2)18-16-21-13-12-14-22(25)27(21)23/h12-14,16-19,25H,3-11,15,20H2,1-2H3. The fourth-order valence-corrected chi connectivity index (χ4v) is 4.09. The fraction of sp³-hybridized carbons (Fsp3) is 0.519. The van der Waals surface area contributed by atoms with Gasteiger partial charge >= 0.3 is 5.97 Å². The van der Waals surface area contributed by atoms with Gasteiger partial charge < -0.3 is 9.47 Å². The number of esters is 1. The number of rotatable bonds is 13. The van der Waals surface area contributed by atoms with Gasteiger partial charge in [0.1, 0.15) is 11.9 Å². The first-order valence-corrected chi connectivity index (χ1v) is 11.8. The predicted molar refractivity (Wildman–Crippen MR) is 125 cm³/mol. The Labute approximate surface area is 181 Å². The molecular weight excluding hydrogens is 372 g/mol. The zero-order chi connectivity index (χ0) is 21.2. The van der Waals surface area contributed by atoms with E-state index >= 15 is 0 Å². The summed E-state index contributed by atoms with van der Waals surface area (Å²) in [7, 11) is 0. The van der Waals surface area contributed by atoms with E-state index in [-0.39, 0.29) is 12.1 Å². The molecule has 3 heteroatoms. The minimum Gasteiger partial charge on any atom is -0.493 e. The lowest BCUT2D eigenvalue weighted by Crippen LogP contribution is -2.12. The molecule has 0 spiro atoms. The maximum Gasteiger partial charge on any atom is 0.306 e. The van der Waals surface area contributed by atoms with Crippen molar-refractivity contribution in [3.63, 3.8) is 0 Å². The third-order valence-corrected chi connectivity index (χ3v) is 5.82. The molecule has 0 amide bonds. The molecule has 0 saturated carbocycles. The summed E-state index contributed by atoms with van der Waals surface area (Å²) in [5, 5.41) is 2.30. The molecule has 162 valence electrons. The lowest BCUT2D eigenvalue weighted by Gasteiger charge is -2.23. The summed E-state index contributed by atoms with van der Waals surface area (Å²) in [5.74, 6) is 0.807. The van der Waals surface area contributed by atoms with Crippen molar-refractivity contribution in [1.82, 2.24) is 0 Å². The van der Waals surface area contributed by atoms with Crippen LogP contribution in [0.2, 0.25) is 0 Å². The number of carbonyl (C=O) groups is 1. The molecule has 0 heterocycles. The van der Waals surface area contributed by atoms with Crippen LogP contribution in [0.1, 0.15) is 95.3 Å². The summed E-state index contributed by atoms with van der Waals surface area (Å²) in [4.78, 5) is 12.4. The number of benzene rings is 2. The van der Waals surface area contributed by atoms with Gasteiger partial charge in [-0.3, -0.25) is 4.79 Å². The summed E-state index contributed by atoms with van der Waals surface area (Å²) in [6.07, 6.45) is 14.8. The molecule has 30 heavy (non-hydrogen) atoms. The van der Waals surface area contributed by atoms with Gasteiger partial charge in [0.25, 0.3) is 0 Å². The summed E-state index contributed by atoms with van der Waals surface area (Å²) in [6, 6.07) is 10.4. The van der Waals surface area contributed by atoms with Gasteiger partial charge in [-0.05, 0) is 35.8 Å². The molecule has 1 unspecified atom stereocenters. The molecule has 0 saturated heterocycles. The van der Waals surface area contributed by atoms with Crippen LogP contribution in [0, 0.1) is 0 Å². The van der Waals surface area contributed by atoms with Crippen LogP contribution in [0.3, 0.4) is 0 Å². The van der Waals surface area contributed by atoms with Crippen LogP contribution in [-0.4, -0.2) is 12.6 Å². The third-order valence-electron chi connectivity index (χ3n) is 5.82. The predicted octanol–water partition coefficient (Wildman–Crippen LogP) is 7.77. The van der Waals surface area contributed by atoms with Gasteiger partial charge in [0.05, 0.1) is 6.61 Å². The summed E-state index contributed by atoms with van der Waals surface area (Å²) >= 11 is 0. The van der Waals surface area contributed by atoms with Crippen LogP contribution >= 0.6 is 0 Å². The van der Waals surface area contributed by atoms with Crippen molar-refractivity contribution in [2.24, 2.45) is 0 Å². The van der Waals surface area contributed by atoms with E-state index in [1.165, 1.54) is 32.1 Å². The number of unbranched alkanes of at least 4 members (excludes halogenated alkanes) is 7. The van der Waals surface area contributed by atoms with Crippen LogP contribution in [0.4, 0.5) is 0 Å². The topological polar surface area (TPSA) is 35.5 Å². The van der Waals surface area contributed by atoms with Crippen molar-refractivity contribution in [3.05, 3.63) is 47.5 Å². The number of carbonyl (C=O) groups excluding carboxylic acids is 1. The van der Waals surface area contributed by atoms with E-state index in [0.717, 1.165) is 59.9 Å². The molecule has 0 aliphatic heterocycles. The van der Waals surface area contributed by atoms with Gasteiger partial charge in [0.15, 0.2) is 0 Å². The first-order valence-electron chi connectivity index (χ1n) is 11.8. The zero-order valence-electron chi connectivity index (χ0n) is 18.6. The average Bonchev–Trinajstić information content (AvgIpc) is 2.76. The van der Waals surface area contributed by atoms with E-state index in [1.54, 1.807) is 0 Å². The van der Waals surface area contributed by atoms with Crippen LogP contribution in [0.25, 0.3) is 16.8 Å². The Morgan fingerprint density at radius 1 is 0.900 bits per heavy atom. The van der Waals surface area contributed by atoms with E-state index in [9.17, 15) is 4.79 Å². The van der Waals surface area contributed by atoms with Gasteiger partial charge in [0, 0.05) is 17.5 Å². The Hall–Kier alpha value is -2.29. The van der Waals surface area contributed by atoms with E-state index in [4.69, 9.17) is 9.47 Å². The summed E-state index contributed by atoms with van der Waals surface area (Å²) < 4.78 is 11.9. The van der Waals surface area contributed by atoms with Crippen LogP contribution in [-0.2, 0) is 9.53 Å². The van der Waals surface area contributed by atoms with E-state index in [0.29, 0.717) is 6.42 Å². The molecule has 0 aromatic heterocycles. The second-order valence-electron chi connectivity index (χ2n) is 8.27. The van der Waals surface area contributed by atoms with Crippen molar-refractivity contribution in [3.8, 4) is 5.75 Å². The largest absolute Gasteiger partial charge is 0.493 e. The second kappa shape index (κ2) is 11.8. The van der Waals surface area contributed by atoms with Crippen LogP contribution in [0.5, 0.6) is 5.75 Å². The lowest BCUT2D eigenvalue weighted by atomic mass is 9.91. The van der Waals surface area contributed by atoms with Gasteiger partial charge in [-0.1, -0.05) is 89.1 Å². The Kier molecular flexibility index (Phi) is 8.80. The van der Waals surface area contributed by atoms with Gasteiger partial charge in [0.2, 0.25) is 0 Å². The van der Waals surface area contributed by atoms with E-state index in [1.807, 2.05) is 18.2 Å². The van der Waals surface area contributed by atoms with E-state index in [2.05, 4.69) is 38.1 Å². The van der Waals surface area contributed by atoms with Crippen molar-refractivity contribution < 1.29 is 14.3 Å². The molecule has 1 aliphatic rings. The van der Waals surface area contributed by atoms with Crippen molar-refractivity contribution in [2.45, 2.75) is 84.2 Å². The van der Waals surface area contributed by atoms with Gasteiger partial charge in [-0.25, -0.2) is 0 Å². The van der Waals surface area contributed by atoms with Gasteiger partial charge in [-0.2, -0.15) is 0 Å². The minimum atomic E-state index is -0.316. The maximum atomic E-state index is 12.4. The fourth-order valence-electron chi connectivity index (χ4n) is 4.09. The zero-order valence-corrected chi connectivity index (χ0v) is 18.6. The number of hydrogen-bond acceptors (Lipinski definition) is 3. The monoisotopic (exact) mass is 408 g/mol. The average molecular weight is 409 g/mol. The highest BCUT2D eigenvalue weighted by molar-refractivity contribution is 5.97. The van der Waals surface area contributed by atoms with Crippen LogP contribution < -0.4 is 4.74 Å². The Balaban J connectivity index is 1.61. The number of hydrogen-bond donors (Lipinski definition) is 0. The van der Waals surface area contributed by atoms with Crippen molar-refractivity contribution in [1.29, 1.82) is 0 Å². The van der Waals surface area contributed by atoms with Crippen molar-refractivity contribution >= 4 is 22.8 Å². The molecule has 2 aromatic rings. The highest BCUT2D eigenvalue weighted by Gasteiger charge is 2.23. The minimum absolute atomic E-state index is 0.103. The molecular formula is C27H36O3. The number of ether oxygens (including phenoxy) is 2. The lowest BCUT2D eigenvalue weighted by molar-refractivity contribution is -0.147. The maximum absolute atomic E-state index is 12.4. The molecule has 1 atom stereocenters. The van der Waals surface area contributed by atoms with Gasteiger partial charge in [-0.15, -0.1) is 0 Å². The van der Waals surface area contributed by atoms with Crippen molar-refractivity contribution in [2.75, 3.05) is 6.61 Å². The molecule has 0 radical (unpaired) electrons.